The van der Waals surface area contributed by atoms with Crippen molar-refractivity contribution in [2.75, 3.05) is 14.2 Å². The molecule has 0 bridgehead atoms. The maximum absolute atomic E-state index is 5.87. The third-order valence-corrected chi connectivity index (χ3v) is 7.79. The Kier molecular flexibility index (Phi) is 3.44. The molecule has 0 N–H and O–H groups in total. The molecule has 4 unspecified atom stereocenters. The Morgan fingerprint density at radius 3 is 2.48 bits per heavy atom. The van der Waals surface area contributed by atoms with E-state index in [1.807, 2.05) is 14.2 Å². The molecule has 1 aromatic rings. The molecule has 0 aliphatic heterocycles. The summed E-state index contributed by atoms with van der Waals surface area (Å²) in [5, 5.41) is 0. The minimum atomic E-state index is 0.304. The van der Waals surface area contributed by atoms with Crippen molar-refractivity contribution in [2.24, 2.45) is 17.3 Å². The largest absolute Gasteiger partial charge is 0.496 e. The highest BCUT2D eigenvalue weighted by atomic mass is 16.5. The predicted molar refractivity (Wildman–Crippen MR) is 93.4 cm³/mol. The summed E-state index contributed by atoms with van der Waals surface area (Å²) in [5.41, 5.74) is 3.60. The van der Waals surface area contributed by atoms with Gasteiger partial charge in [-0.25, -0.2) is 0 Å². The average Bonchev–Trinajstić information content (AvgIpc) is 2.85. The van der Waals surface area contributed by atoms with E-state index in [0.29, 0.717) is 10.8 Å². The lowest BCUT2D eigenvalue weighted by Gasteiger charge is -2.58. The number of fused-ring (bicyclic) bond motifs is 1. The average molecular weight is 314 g/mol. The maximum atomic E-state index is 5.87. The van der Waals surface area contributed by atoms with Crippen LogP contribution in [0.1, 0.15) is 63.5 Å². The molecule has 0 saturated heterocycles. The van der Waals surface area contributed by atoms with E-state index in [4.69, 9.17) is 9.47 Å². The third kappa shape index (κ3) is 1.76. The zero-order chi connectivity index (χ0) is 16.2. The van der Waals surface area contributed by atoms with Crippen LogP contribution in [0.5, 0.6) is 11.5 Å². The quantitative estimate of drug-likeness (QED) is 0.754. The molecule has 1 spiro atoms. The number of benzene rings is 1. The van der Waals surface area contributed by atoms with Gasteiger partial charge in [0.15, 0.2) is 0 Å². The highest BCUT2D eigenvalue weighted by Crippen LogP contribution is 2.70. The fraction of sp³-hybridized carbons (Fsp3) is 0.714. The molecule has 4 atom stereocenters. The lowest BCUT2D eigenvalue weighted by Crippen LogP contribution is -2.54. The van der Waals surface area contributed by atoms with E-state index in [2.05, 4.69) is 26.0 Å². The van der Waals surface area contributed by atoms with Crippen molar-refractivity contribution in [3.8, 4) is 11.5 Å². The van der Waals surface area contributed by atoms with E-state index in [0.717, 1.165) is 29.8 Å². The first-order valence-corrected chi connectivity index (χ1v) is 9.33. The topological polar surface area (TPSA) is 18.5 Å². The van der Waals surface area contributed by atoms with E-state index in [1.165, 1.54) is 49.7 Å². The smallest absolute Gasteiger partial charge is 0.123 e. The van der Waals surface area contributed by atoms with Crippen LogP contribution in [0.3, 0.4) is 0 Å². The molecular formula is C21H30O2. The fourth-order valence-corrected chi connectivity index (χ4v) is 6.54. The molecule has 23 heavy (non-hydrogen) atoms. The summed E-state index contributed by atoms with van der Waals surface area (Å²) in [6.45, 7) is 5.05. The van der Waals surface area contributed by atoms with Crippen molar-refractivity contribution in [2.45, 2.75) is 64.2 Å². The third-order valence-electron chi connectivity index (χ3n) is 7.79. The van der Waals surface area contributed by atoms with Gasteiger partial charge in [-0.3, -0.25) is 0 Å². The SMILES string of the molecule is COc1ccc(OC)c2c1CC1(C)C(C)CCC3CCCCC231. The van der Waals surface area contributed by atoms with E-state index < -0.39 is 0 Å². The van der Waals surface area contributed by atoms with Crippen LogP contribution in [-0.2, 0) is 11.8 Å². The van der Waals surface area contributed by atoms with E-state index in [1.54, 1.807) is 0 Å². The van der Waals surface area contributed by atoms with E-state index in [9.17, 15) is 0 Å². The first-order valence-electron chi connectivity index (χ1n) is 9.33. The molecule has 2 nitrogen and oxygen atoms in total. The van der Waals surface area contributed by atoms with E-state index in [-0.39, 0.29) is 0 Å². The molecule has 0 amide bonds. The normalized spacial score (nSPS) is 38.4. The Morgan fingerprint density at radius 2 is 1.74 bits per heavy atom. The predicted octanol–water partition coefficient (Wildman–Crippen LogP) is 5.12. The molecule has 0 heterocycles. The van der Waals surface area contributed by atoms with Gasteiger partial charge >= 0.3 is 0 Å². The summed E-state index contributed by atoms with van der Waals surface area (Å²) in [5.74, 6) is 3.76. The van der Waals surface area contributed by atoms with Crippen LogP contribution in [0.2, 0.25) is 0 Å². The minimum Gasteiger partial charge on any atom is -0.496 e. The number of hydrogen-bond acceptors (Lipinski definition) is 2. The molecule has 2 fully saturated rings. The highest BCUT2D eigenvalue weighted by Gasteiger charge is 2.64. The van der Waals surface area contributed by atoms with Gasteiger partial charge in [0.2, 0.25) is 0 Å². The lowest BCUT2D eigenvalue weighted by atomic mass is 9.45. The number of hydrogen-bond donors (Lipinski definition) is 0. The Bertz CT molecular complexity index is 623. The molecule has 3 aliphatic carbocycles. The second-order valence-electron chi connectivity index (χ2n) is 8.31. The molecule has 3 aliphatic rings. The summed E-state index contributed by atoms with van der Waals surface area (Å²) in [4.78, 5) is 0. The zero-order valence-electron chi connectivity index (χ0n) is 15.1. The summed E-state index contributed by atoms with van der Waals surface area (Å²) in [6, 6.07) is 4.25. The zero-order valence-corrected chi connectivity index (χ0v) is 15.1. The molecule has 1 aromatic carbocycles. The van der Waals surface area contributed by atoms with Crippen LogP contribution in [0, 0.1) is 17.3 Å². The van der Waals surface area contributed by atoms with Crippen molar-refractivity contribution >= 4 is 0 Å². The molecular weight excluding hydrogens is 284 g/mol. The van der Waals surface area contributed by atoms with Crippen LogP contribution < -0.4 is 9.47 Å². The van der Waals surface area contributed by atoms with Gasteiger partial charge in [-0.15, -0.1) is 0 Å². The number of ether oxygens (including phenoxy) is 2. The standard InChI is InChI=1S/C21H30O2/c1-14-8-9-15-7-5-6-12-21(15)19-16(13-20(14,21)2)17(22-3)10-11-18(19)23-4/h10-11,14-15H,5-9,12-13H2,1-4H3. The summed E-state index contributed by atoms with van der Waals surface area (Å²) in [6.07, 6.45) is 9.40. The van der Waals surface area contributed by atoms with Crippen LogP contribution in [0.15, 0.2) is 12.1 Å². The second-order valence-corrected chi connectivity index (χ2v) is 8.31. The van der Waals surface area contributed by atoms with Gasteiger partial charge in [-0.05, 0) is 61.5 Å². The first-order chi connectivity index (χ1) is 11.1. The van der Waals surface area contributed by atoms with Gasteiger partial charge < -0.3 is 9.47 Å². The van der Waals surface area contributed by atoms with Crippen molar-refractivity contribution in [3.63, 3.8) is 0 Å². The molecule has 0 radical (unpaired) electrons. The Morgan fingerprint density at radius 1 is 1.00 bits per heavy atom. The van der Waals surface area contributed by atoms with Crippen LogP contribution >= 0.6 is 0 Å². The minimum absolute atomic E-state index is 0.304. The molecule has 2 heteroatoms. The van der Waals surface area contributed by atoms with Crippen LogP contribution in [-0.4, -0.2) is 14.2 Å². The van der Waals surface area contributed by atoms with Gasteiger partial charge in [0.25, 0.3) is 0 Å². The highest BCUT2D eigenvalue weighted by molar-refractivity contribution is 5.59. The monoisotopic (exact) mass is 314 g/mol. The maximum Gasteiger partial charge on any atom is 0.123 e. The van der Waals surface area contributed by atoms with Crippen molar-refractivity contribution in [1.82, 2.24) is 0 Å². The Hall–Kier alpha value is -1.18. The Balaban J connectivity index is 2.01. The number of rotatable bonds is 2. The molecule has 0 aromatic heterocycles. The molecule has 4 rings (SSSR count). The van der Waals surface area contributed by atoms with Crippen LogP contribution in [0.25, 0.3) is 0 Å². The fourth-order valence-electron chi connectivity index (χ4n) is 6.54. The number of methoxy groups -OCH3 is 2. The van der Waals surface area contributed by atoms with Gasteiger partial charge in [-0.1, -0.05) is 26.7 Å². The molecule has 126 valence electrons. The van der Waals surface area contributed by atoms with Crippen molar-refractivity contribution in [1.29, 1.82) is 0 Å². The Labute approximate surface area is 140 Å². The van der Waals surface area contributed by atoms with Crippen molar-refractivity contribution < 1.29 is 9.47 Å². The van der Waals surface area contributed by atoms with Gasteiger partial charge in [0.05, 0.1) is 14.2 Å². The summed E-state index contributed by atoms with van der Waals surface area (Å²) < 4.78 is 11.6. The first kappa shape index (κ1) is 15.4. The van der Waals surface area contributed by atoms with Crippen molar-refractivity contribution in [3.05, 3.63) is 23.3 Å². The van der Waals surface area contributed by atoms with Gasteiger partial charge in [-0.2, -0.15) is 0 Å². The summed E-state index contributed by atoms with van der Waals surface area (Å²) in [7, 11) is 3.64. The molecule has 2 saturated carbocycles. The lowest BCUT2D eigenvalue weighted by molar-refractivity contribution is -0.0401. The summed E-state index contributed by atoms with van der Waals surface area (Å²) >= 11 is 0. The van der Waals surface area contributed by atoms with E-state index >= 15 is 0 Å². The van der Waals surface area contributed by atoms with Gasteiger partial charge in [0.1, 0.15) is 11.5 Å². The van der Waals surface area contributed by atoms with Gasteiger partial charge in [0, 0.05) is 16.5 Å². The second kappa shape index (κ2) is 5.16. The van der Waals surface area contributed by atoms with Crippen LogP contribution in [0.4, 0.5) is 0 Å².